The molecular formula is C17H14O5. The second-order valence-electron chi connectivity index (χ2n) is 4.72. The quantitative estimate of drug-likeness (QED) is 0.596. The molecule has 3 N–H and O–H groups in total. The fourth-order valence-electron chi connectivity index (χ4n) is 2.12. The molecule has 112 valence electrons. The van der Waals surface area contributed by atoms with E-state index in [0.29, 0.717) is 5.56 Å². The molecule has 0 atom stereocenters. The summed E-state index contributed by atoms with van der Waals surface area (Å²) in [7, 11) is 0. The van der Waals surface area contributed by atoms with Crippen LogP contribution in [0.15, 0.2) is 48.5 Å². The van der Waals surface area contributed by atoms with E-state index in [0.717, 1.165) is 6.08 Å². The van der Waals surface area contributed by atoms with Crippen LogP contribution >= 0.6 is 0 Å². The van der Waals surface area contributed by atoms with Gasteiger partial charge in [0.1, 0.15) is 17.1 Å². The van der Waals surface area contributed by atoms with Crippen LogP contribution in [0.1, 0.15) is 28.4 Å². The summed E-state index contributed by atoms with van der Waals surface area (Å²) in [6.45, 7) is 1.50. The van der Waals surface area contributed by atoms with Crippen LogP contribution in [0.5, 0.6) is 11.5 Å². The Labute approximate surface area is 126 Å². The molecule has 2 aromatic rings. The van der Waals surface area contributed by atoms with Gasteiger partial charge in [-0.2, -0.15) is 0 Å². The van der Waals surface area contributed by atoms with Gasteiger partial charge in [-0.15, -0.1) is 0 Å². The number of allylic oxidation sites excluding steroid dienone is 1. The smallest absolute Gasteiger partial charge is 0.328 e. The molecule has 0 aliphatic rings. The summed E-state index contributed by atoms with van der Waals surface area (Å²) in [6, 6.07) is 10.8. The van der Waals surface area contributed by atoms with Gasteiger partial charge in [-0.25, -0.2) is 4.79 Å². The molecule has 0 fully saturated rings. The normalized spacial score (nSPS) is 11.2. The van der Waals surface area contributed by atoms with E-state index in [9.17, 15) is 19.8 Å². The number of carboxylic acids is 1. The van der Waals surface area contributed by atoms with Crippen molar-refractivity contribution in [3.8, 4) is 11.5 Å². The topological polar surface area (TPSA) is 94.8 Å². The molecular weight excluding hydrogens is 284 g/mol. The third-order valence-electron chi connectivity index (χ3n) is 3.18. The van der Waals surface area contributed by atoms with Gasteiger partial charge in [0.25, 0.3) is 0 Å². The summed E-state index contributed by atoms with van der Waals surface area (Å²) in [4.78, 5) is 23.2. The zero-order valence-corrected chi connectivity index (χ0v) is 11.8. The Morgan fingerprint density at radius 3 is 2.23 bits per heavy atom. The Balaban J connectivity index is 2.58. The van der Waals surface area contributed by atoms with E-state index in [1.165, 1.54) is 19.1 Å². The standard InChI is InChI=1S/C17H14O5/c1-10(9-14(19)20)12-7-8-13(18)15(17(12)22)16(21)11-5-3-2-4-6-11/h2-9,18,22H,1H3,(H,19,20)/b10-9+. The van der Waals surface area contributed by atoms with Crippen molar-refractivity contribution in [3.05, 3.63) is 65.2 Å². The number of aromatic hydroxyl groups is 2. The number of rotatable bonds is 4. The summed E-state index contributed by atoms with van der Waals surface area (Å²) >= 11 is 0. The largest absolute Gasteiger partial charge is 0.507 e. The molecule has 5 heteroatoms. The van der Waals surface area contributed by atoms with Crippen molar-refractivity contribution >= 4 is 17.3 Å². The van der Waals surface area contributed by atoms with Crippen molar-refractivity contribution in [3.63, 3.8) is 0 Å². The van der Waals surface area contributed by atoms with Gasteiger partial charge < -0.3 is 15.3 Å². The van der Waals surface area contributed by atoms with Crippen molar-refractivity contribution in [2.24, 2.45) is 0 Å². The van der Waals surface area contributed by atoms with Crippen LogP contribution in [0.2, 0.25) is 0 Å². The van der Waals surface area contributed by atoms with Crippen molar-refractivity contribution in [1.82, 2.24) is 0 Å². The van der Waals surface area contributed by atoms with E-state index in [2.05, 4.69) is 0 Å². The van der Waals surface area contributed by atoms with Gasteiger partial charge in [0.15, 0.2) is 0 Å². The first-order valence-corrected chi connectivity index (χ1v) is 6.48. The highest BCUT2D eigenvalue weighted by atomic mass is 16.4. The van der Waals surface area contributed by atoms with Crippen molar-refractivity contribution < 1.29 is 24.9 Å². The molecule has 0 heterocycles. The number of ketones is 1. The van der Waals surface area contributed by atoms with Crippen LogP contribution < -0.4 is 0 Å². The van der Waals surface area contributed by atoms with Crippen LogP contribution in [0, 0.1) is 0 Å². The van der Waals surface area contributed by atoms with E-state index in [-0.39, 0.29) is 22.4 Å². The maximum absolute atomic E-state index is 12.4. The molecule has 0 spiro atoms. The molecule has 0 amide bonds. The first-order chi connectivity index (χ1) is 10.4. The number of hydrogen-bond donors (Lipinski definition) is 3. The SMILES string of the molecule is C/C(=C\C(=O)O)c1ccc(O)c(C(=O)c2ccccc2)c1O. The van der Waals surface area contributed by atoms with Crippen LogP contribution in [0.4, 0.5) is 0 Å². The van der Waals surface area contributed by atoms with Crippen LogP contribution in [-0.4, -0.2) is 27.1 Å². The minimum Gasteiger partial charge on any atom is -0.507 e. The monoisotopic (exact) mass is 298 g/mol. The second-order valence-corrected chi connectivity index (χ2v) is 4.72. The third kappa shape index (κ3) is 2.98. The Hall–Kier alpha value is -3.08. The number of phenols is 2. The summed E-state index contributed by atoms with van der Waals surface area (Å²) in [5.74, 6) is -2.51. The van der Waals surface area contributed by atoms with Gasteiger partial charge in [0, 0.05) is 17.2 Å². The maximum Gasteiger partial charge on any atom is 0.328 e. The van der Waals surface area contributed by atoms with Crippen molar-refractivity contribution in [1.29, 1.82) is 0 Å². The predicted molar refractivity (Wildman–Crippen MR) is 80.9 cm³/mol. The fourth-order valence-corrected chi connectivity index (χ4v) is 2.12. The van der Waals surface area contributed by atoms with Gasteiger partial charge >= 0.3 is 5.97 Å². The molecule has 0 aliphatic heterocycles. The fraction of sp³-hybridized carbons (Fsp3) is 0.0588. The molecule has 0 saturated heterocycles. The molecule has 0 aromatic heterocycles. The van der Waals surface area contributed by atoms with Gasteiger partial charge in [0.2, 0.25) is 5.78 Å². The third-order valence-corrected chi connectivity index (χ3v) is 3.18. The van der Waals surface area contributed by atoms with Gasteiger partial charge in [-0.3, -0.25) is 4.79 Å². The minimum atomic E-state index is -1.17. The minimum absolute atomic E-state index is 0.180. The number of phenolic OH excluding ortho intramolecular Hbond substituents is 2. The van der Waals surface area contributed by atoms with Gasteiger partial charge in [0.05, 0.1) is 0 Å². The Morgan fingerprint density at radius 2 is 1.64 bits per heavy atom. The van der Waals surface area contributed by atoms with Gasteiger partial charge in [-0.1, -0.05) is 30.3 Å². The number of carboxylic acid groups (broad SMARTS) is 1. The second kappa shape index (κ2) is 6.13. The average molecular weight is 298 g/mol. The Kier molecular flexibility index (Phi) is 4.27. The van der Waals surface area contributed by atoms with Crippen molar-refractivity contribution in [2.45, 2.75) is 6.92 Å². The lowest BCUT2D eigenvalue weighted by atomic mass is 9.96. The zero-order chi connectivity index (χ0) is 16.3. The van der Waals surface area contributed by atoms with Crippen LogP contribution in [0.25, 0.3) is 5.57 Å². The lowest BCUT2D eigenvalue weighted by molar-refractivity contribution is -0.131. The molecule has 0 unspecified atom stereocenters. The van der Waals surface area contributed by atoms with Gasteiger partial charge in [-0.05, 0) is 24.6 Å². The predicted octanol–water partition coefficient (Wildman–Crippen LogP) is 2.82. The number of benzene rings is 2. The maximum atomic E-state index is 12.4. The molecule has 0 bridgehead atoms. The molecule has 22 heavy (non-hydrogen) atoms. The molecule has 5 nitrogen and oxygen atoms in total. The number of hydrogen-bond acceptors (Lipinski definition) is 4. The van der Waals surface area contributed by atoms with E-state index in [4.69, 9.17) is 5.11 Å². The van der Waals surface area contributed by atoms with Crippen LogP contribution in [0.3, 0.4) is 0 Å². The molecule has 2 aromatic carbocycles. The van der Waals surface area contributed by atoms with Crippen molar-refractivity contribution in [2.75, 3.05) is 0 Å². The molecule has 0 radical (unpaired) electrons. The highest BCUT2D eigenvalue weighted by Gasteiger charge is 2.21. The lowest BCUT2D eigenvalue weighted by Gasteiger charge is -2.11. The van der Waals surface area contributed by atoms with Crippen LogP contribution in [-0.2, 0) is 4.79 Å². The number of aliphatic carboxylic acids is 1. The molecule has 0 aliphatic carbocycles. The zero-order valence-electron chi connectivity index (χ0n) is 11.8. The Bertz CT molecular complexity index is 760. The summed E-state index contributed by atoms with van der Waals surface area (Å²) in [6.07, 6.45) is 0.920. The summed E-state index contributed by atoms with van der Waals surface area (Å²) in [5, 5.41) is 28.9. The van der Waals surface area contributed by atoms with E-state index in [1.54, 1.807) is 30.3 Å². The van der Waals surface area contributed by atoms with E-state index >= 15 is 0 Å². The first kappa shape index (κ1) is 15.3. The average Bonchev–Trinajstić information content (AvgIpc) is 2.47. The number of carbonyl (C=O) groups excluding carboxylic acids is 1. The highest BCUT2D eigenvalue weighted by molar-refractivity contribution is 6.13. The molecule has 0 saturated carbocycles. The summed E-state index contributed by atoms with van der Waals surface area (Å²) in [5.41, 5.74) is 0.513. The Morgan fingerprint density at radius 1 is 1.00 bits per heavy atom. The lowest BCUT2D eigenvalue weighted by Crippen LogP contribution is -2.03. The van der Waals surface area contributed by atoms with E-state index < -0.39 is 17.5 Å². The number of carbonyl (C=O) groups is 2. The van der Waals surface area contributed by atoms with E-state index in [1.807, 2.05) is 0 Å². The first-order valence-electron chi connectivity index (χ1n) is 6.48. The highest BCUT2D eigenvalue weighted by Crippen LogP contribution is 2.35. The molecule has 2 rings (SSSR count). The summed E-state index contributed by atoms with van der Waals surface area (Å²) < 4.78 is 0.